The summed E-state index contributed by atoms with van der Waals surface area (Å²) in [6, 6.07) is 0.566. The Hall–Kier alpha value is -0.570. The van der Waals surface area contributed by atoms with Gasteiger partial charge in [0.1, 0.15) is 0 Å². The molecule has 0 bridgehead atoms. The van der Waals surface area contributed by atoms with Crippen molar-refractivity contribution in [3.05, 3.63) is 0 Å². The lowest BCUT2D eigenvalue weighted by Crippen LogP contribution is -2.49. The van der Waals surface area contributed by atoms with Crippen LogP contribution in [0, 0.1) is 5.92 Å². The normalized spacial score (nSPS) is 21.4. The van der Waals surface area contributed by atoms with Gasteiger partial charge in [-0.25, -0.2) is 0 Å². The van der Waals surface area contributed by atoms with E-state index in [9.17, 15) is 4.79 Å². The van der Waals surface area contributed by atoms with Crippen molar-refractivity contribution in [1.29, 1.82) is 0 Å². The Labute approximate surface area is 112 Å². The fraction of sp³-hybridized carbons (Fsp3) is 0.933. The maximum atomic E-state index is 11.9. The van der Waals surface area contributed by atoms with Gasteiger partial charge < -0.3 is 10.6 Å². The molecular formula is C15H30N2O. The first-order valence-corrected chi connectivity index (χ1v) is 7.57. The van der Waals surface area contributed by atoms with Crippen molar-refractivity contribution in [2.75, 3.05) is 0 Å². The zero-order chi connectivity index (χ0) is 13.5. The predicted octanol–water partition coefficient (Wildman–Crippen LogP) is 2.85. The van der Waals surface area contributed by atoms with E-state index in [-0.39, 0.29) is 18.0 Å². The zero-order valence-corrected chi connectivity index (χ0v) is 12.5. The van der Waals surface area contributed by atoms with E-state index in [4.69, 9.17) is 0 Å². The molecule has 0 radical (unpaired) electrons. The molecule has 1 rings (SSSR count). The van der Waals surface area contributed by atoms with E-state index < -0.39 is 0 Å². The van der Waals surface area contributed by atoms with Crippen molar-refractivity contribution < 1.29 is 4.79 Å². The van der Waals surface area contributed by atoms with Crippen LogP contribution in [0.4, 0.5) is 0 Å². The second-order valence-corrected chi connectivity index (χ2v) is 6.09. The molecule has 1 fully saturated rings. The van der Waals surface area contributed by atoms with Crippen molar-refractivity contribution in [3.63, 3.8) is 0 Å². The molecule has 3 heteroatoms. The van der Waals surface area contributed by atoms with Gasteiger partial charge in [0.2, 0.25) is 5.91 Å². The molecule has 0 heterocycles. The molecule has 1 aliphatic carbocycles. The van der Waals surface area contributed by atoms with E-state index in [1.54, 1.807) is 0 Å². The number of amides is 1. The highest BCUT2D eigenvalue weighted by Gasteiger charge is 2.22. The van der Waals surface area contributed by atoms with Gasteiger partial charge in [0, 0.05) is 12.1 Å². The summed E-state index contributed by atoms with van der Waals surface area (Å²) < 4.78 is 0. The van der Waals surface area contributed by atoms with E-state index in [1.807, 2.05) is 20.8 Å². The molecule has 1 saturated carbocycles. The molecule has 0 aromatic carbocycles. The van der Waals surface area contributed by atoms with Gasteiger partial charge in [-0.2, -0.15) is 0 Å². The van der Waals surface area contributed by atoms with Gasteiger partial charge in [0.05, 0.1) is 6.04 Å². The molecule has 0 aromatic rings. The number of nitrogens with one attached hydrogen (secondary N) is 2. The summed E-state index contributed by atoms with van der Waals surface area (Å²) in [5.41, 5.74) is 0. The van der Waals surface area contributed by atoms with Gasteiger partial charge in [0.15, 0.2) is 0 Å². The fourth-order valence-corrected chi connectivity index (χ4v) is 2.83. The lowest BCUT2D eigenvalue weighted by molar-refractivity contribution is -0.123. The highest BCUT2D eigenvalue weighted by molar-refractivity contribution is 5.81. The van der Waals surface area contributed by atoms with Crippen LogP contribution in [0.15, 0.2) is 0 Å². The third-order valence-electron chi connectivity index (χ3n) is 3.94. The topological polar surface area (TPSA) is 41.1 Å². The van der Waals surface area contributed by atoms with Crippen LogP contribution < -0.4 is 10.6 Å². The minimum atomic E-state index is -0.0920. The Morgan fingerprint density at radius 2 is 1.56 bits per heavy atom. The first kappa shape index (κ1) is 15.5. The Kier molecular flexibility index (Phi) is 6.69. The molecule has 3 nitrogen and oxygen atoms in total. The quantitative estimate of drug-likeness (QED) is 0.741. The summed E-state index contributed by atoms with van der Waals surface area (Å²) in [6.07, 6.45) is 8.09. The number of carbonyl (C=O) groups excluding carboxylic acids is 1. The van der Waals surface area contributed by atoms with Crippen LogP contribution in [0.25, 0.3) is 0 Å². The number of rotatable bonds is 5. The summed E-state index contributed by atoms with van der Waals surface area (Å²) in [5, 5.41) is 6.43. The predicted molar refractivity (Wildman–Crippen MR) is 76.5 cm³/mol. The lowest BCUT2D eigenvalue weighted by atomic mass is 9.92. The van der Waals surface area contributed by atoms with Crippen LogP contribution in [0.5, 0.6) is 0 Å². The monoisotopic (exact) mass is 254 g/mol. The van der Waals surface area contributed by atoms with Crippen LogP contribution in [-0.4, -0.2) is 24.0 Å². The Morgan fingerprint density at radius 3 is 2.06 bits per heavy atom. The highest BCUT2D eigenvalue weighted by atomic mass is 16.2. The van der Waals surface area contributed by atoms with Gasteiger partial charge in [-0.05, 0) is 46.5 Å². The van der Waals surface area contributed by atoms with E-state index in [1.165, 1.54) is 38.5 Å². The fourth-order valence-electron chi connectivity index (χ4n) is 2.83. The Balaban J connectivity index is 2.37. The minimum absolute atomic E-state index is 0.0920. The van der Waals surface area contributed by atoms with Crippen molar-refractivity contribution in [1.82, 2.24) is 10.6 Å². The van der Waals surface area contributed by atoms with Crippen molar-refractivity contribution >= 4 is 5.91 Å². The average molecular weight is 254 g/mol. The third kappa shape index (κ3) is 5.38. The zero-order valence-electron chi connectivity index (χ0n) is 12.5. The standard InChI is InChI=1S/C15H30N2O/c1-11(2)16-15(18)13(4)17-12(3)14-9-7-5-6-8-10-14/h11-14,17H,5-10H2,1-4H3,(H,16,18)/t12-,13?/m0/s1. The smallest absolute Gasteiger partial charge is 0.237 e. The summed E-state index contributed by atoms with van der Waals surface area (Å²) in [5.74, 6) is 0.854. The summed E-state index contributed by atoms with van der Waals surface area (Å²) >= 11 is 0. The Morgan fingerprint density at radius 1 is 1.00 bits per heavy atom. The summed E-state index contributed by atoms with van der Waals surface area (Å²) in [6.45, 7) is 8.19. The Bertz CT molecular complexity index is 245. The average Bonchev–Trinajstić information content (AvgIpc) is 2.56. The lowest BCUT2D eigenvalue weighted by Gasteiger charge is -2.27. The van der Waals surface area contributed by atoms with Crippen molar-refractivity contribution in [2.24, 2.45) is 5.92 Å². The number of carbonyl (C=O) groups is 1. The van der Waals surface area contributed by atoms with Crippen molar-refractivity contribution in [2.45, 2.75) is 84.3 Å². The van der Waals surface area contributed by atoms with Crippen LogP contribution in [0.2, 0.25) is 0 Å². The molecule has 1 aliphatic rings. The molecule has 2 N–H and O–H groups in total. The van der Waals surface area contributed by atoms with Crippen molar-refractivity contribution in [3.8, 4) is 0 Å². The molecular weight excluding hydrogens is 224 g/mol. The molecule has 18 heavy (non-hydrogen) atoms. The molecule has 0 spiro atoms. The minimum Gasteiger partial charge on any atom is -0.353 e. The molecule has 106 valence electrons. The largest absolute Gasteiger partial charge is 0.353 e. The van der Waals surface area contributed by atoms with E-state index in [2.05, 4.69) is 17.6 Å². The van der Waals surface area contributed by atoms with E-state index >= 15 is 0 Å². The molecule has 1 amide bonds. The SMILES string of the molecule is CC(C)NC(=O)C(C)N[C@@H](C)C1CCCCCC1. The van der Waals surface area contributed by atoms with Gasteiger partial charge in [-0.15, -0.1) is 0 Å². The van der Waals surface area contributed by atoms with Crippen LogP contribution >= 0.6 is 0 Å². The molecule has 0 aromatic heterocycles. The van der Waals surface area contributed by atoms with E-state index in [0.717, 1.165) is 5.92 Å². The van der Waals surface area contributed by atoms with Gasteiger partial charge >= 0.3 is 0 Å². The highest BCUT2D eigenvalue weighted by Crippen LogP contribution is 2.25. The maximum Gasteiger partial charge on any atom is 0.237 e. The second kappa shape index (κ2) is 7.78. The summed E-state index contributed by atoms with van der Waals surface area (Å²) in [4.78, 5) is 11.9. The third-order valence-corrected chi connectivity index (χ3v) is 3.94. The van der Waals surface area contributed by atoms with Crippen LogP contribution in [0.3, 0.4) is 0 Å². The molecule has 0 aliphatic heterocycles. The van der Waals surface area contributed by atoms with Crippen LogP contribution in [0.1, 0.15) is 66.2 Å². The summed E-state index contributed by atoms with van der Waals surface area (Å²) in [7, 11) is 0. The number of hydrogen-bond acceptors (Lipinski definition) is 2. The molecule has 1 unspecified atom stereocenters. The molecule has 2 atom stereocenters. The maximum absolute atomic E-state index is 11.9. The van der Waals surface area contributed by atoms with Gasteiger partial charge in [-0.3, -0.25) is 4.79 Å². The van der Waals surface area contributed by atoms with Gasteiger partial charge in [-0.1, -0.05) is 25.7 Å². The number of hydrogen-bond donors (Lipinski definition) is 2. The van der Waals surface area contributed by atoms with Crippen LogP contribution in [-0.2, 0) is 4.79 Å². The first-order valence-electron chi connectivity index (χ1n) is 7.57. The molecule has 0 saturated heterocycles. The van der Waals surface area contributed by atoms with Gasteiger partial charge in [0.25, 0.3) is 0 Å². The second-order valence-electron chi connectivity index (χ2n) is 6.09. The first-order chi connectivity index (χ1) is 8.50. The van der Waals surface area contributed by atoms with E-state index in [0.29, 0.717) is 6.04 Å².